The van der Waals surface area contributed by atoms with Crippen molar-refractivity contribution in [1.82, 2.24) is 10.9 Å². The van der Waals surface area contributed by atoms with Gasteiger partial charge >= 0.3 is 11.8 Å². The zero-order valence-corrected chi connectivity index (χ0v) is 11.0. The standard InChI is InChI=1S/C12H18N4O2/c1-5-9(3)7-13-15-11(17)12(18)16-14-8-10(4)6-2/h5-8H,1-4H3,(H,15,17)(H,16,18)/b9-5+,10-6+,13-7+,14-8?. The Hall–Kier alpha value is -2.24. The third-order valence-electron chi connectivity index (χ3n) is 1.99. The first-order valence-corrected chi connectivity index (χ1v) is 5.43. The fourth-order valence-electron chi connectivity index (χ4n) is 0.636. The van der Waals surface area contributed by atoms with Crippen molar-refractivity contribution in [1.29, 1.82) is 0 Å². The Bertz CT molecular complexity index is 380. The maximum absolute atomic E-state index is 11.2. The number of carbonyl (C=O) groups excluding carboxylic acids is 2. The van der Waals surface area contributed by atoms with Crippen LogP contribution in [-0.2, 0) is 9.59 Å². The summed E-state index contributed by atoms with van der Waals surface area (Å²) >= 11 is 0. The quantitative estimate of drug-likeness (QED) is 0.445. The highest BCUT2D eigenvalue weighted by Gasteiger charge is 2.10. The van der Waals surface area contributed by atoms with Crippen LogP contribution in [0.4, 0.5) is 0 Å². The predicted molar refractivity (Wildman–Crippen MR) is 72.1 cm³/mol. The minimum Gasteiger partial charge on any atom is -0.262 e. The summed E-state index contributed by atoms with van der Waals surface area (Å²) in [6, 6.07) is 0. The second kappa shape index (κ2) is 8.86. The zero-order chi connectivity index (χ0) is 14.0. The Balaban J connectivity index is 4.17. The highest BCUT2D eigenvalue weighted by molar-refractivity contribution is 6.35. The predicted octanol–water partition coefficient (Wildman–Crippen LogP) is 1.12. The third-order valence-corrected chi connectivity index (χ3v) is 1.99. The second-order valence-electron chi connectivity index (χ2n) is 3.46. The van der Waals surface area contributed by atoms with E-state index in [2.05, 4.69) is 21.1 Å². The molecule has 6 nitrogen and oxygen atoms in total. The molecule has 2 amide bonds. The van der Waals surface area contributed by atoms with Crippen molar-refractivity contribution in [2.75, 3.05) is 0 Å². The topological polar surface area (TPSA) is 82.9 Å². The lowest BCUT2D eigenvalue weighted by molar-refractivity contribution is -0.139. The van der Waals surface area contributed by atoms with Crippen LogP contribution >= 0.6 is 0 Å². The normalized spacial score (nSPS) is 13.1. The number of nitrogens with zero attached hydrogens (tertiary/aromatic N) is 2. The first-order chi connectivity index (χ1) is 8.51. The van der Waals surface area contributed by atoms with E-state index in [-0.39, 0.29) is 0 Å². The number of hydrogen-bond donors (Lipinski definition) is 2. The molecule has 0 atom stereocenters. The van der Waals surface area contributed by atoms with Gasteiger partial charge in [-0.1, -0.05) is 12.2 Å². The summed E-state index contributed by atoms with van der Waals surface area (Å²) in [6.07, 6.45) is 6.52. The first kappa shape index (κ1) is 15.8. The fraction of sp³-hybridized carbons (Fsp3) is 0.333. The molecule has 0 saturated heterocycles. The van der Waals surface area contributed by atoms with Gasteiger partial charge in [0.2, 0.25) is 0 Å². The molecule has 0 spiro atoms. The average Bonchev–Trinajstić information content (AvgIpc) is 2.37. The molecule has 2 N–H and O–H groups in total. The van der Waals surface area contributed by atoms with Crippen molar-refractivity contribution in [3.8, 4) is 0 Å². The lowest BCUT2D eigenvalue weighted by Crippen LogP contribution is -2.35. The fourth-order valence-corrected chi connectivity index (χ4v) is 0.636. The van der Waals surface area contributed by atoms with E-state index in [1.807, 2.05) is 39.8 Å². The monoisotopic (exact) mass is 250 g/mol. The van der Waals surface area contributed by atoms with Crippen LogP contribution in [0, 0.1) is 0 Å². The van der Waals surface area contributed by atoms with E-state index in [9.17, 15) is 9.59 Å². The first-order valence-electron chi connectivity index (χ1n) is 5.43. The van der Waals surface area contributed by atoms with Gasteiger partial charge in [-0.2, -0.15) is 10.2 Å². The van der Waals surface area contributed by atoms with Crippen molar-refractivity contribution in [3.05, 3.63) is 23.3 Å². The van der Waals surface area contributed by atoms with Crippen molar-refractivity contribution in [2.45, 2.75) is 27.7 Å². The summed E-state index contributed by atoms with van der Waals surface area (Å²) in [4.78, 5) is 22.4. The molecule has 98 valence electrons. The van der Waals surface area contributed by atoms with Crippen LogP contribution < -0.4 is 10.9 Å². The number of hydrazone groups is 2. The van der Waals surface area contributed by atoms with Crippen LogP contribution in [0.3, 0.4) is 0 Å². The van der Waals surface area contributed by atoms with Crippen LogP contribution in [0.1, 0.15) is 27.7 Å². The van der Waals surface area contributed by atoms with Gasteiger partial charge in [-0.25, -0.2) is 10.9 Å². The molecule has 0 aromatic carbocycles. The SMILES string of the molecule is C/C=C(\C)C=NNC(=O)C(=O)N/N=C/C(C)=C/C. The van der Waals surface area contributed by atoms with Gasteiger partial charge in [0, 0.05) is 12.4 Å². The second-order valence-corrected chi connectivity index (χ2v) is 3.46. The Kier molecular flexibility index (Phi) is 7.76. The molecular weight excluding hydrogens is 232 g/mol. The number of amides is 2. The van der Waals surface area contributed by atoms with Crippen LogP contribution in [0.5, 0.6) is 0 Å². The molecule has 0 aliphatic rings. The van der Waals surface area contributed by atoms with Gasteiger partial charge < -0.3 is 0 Å². The molecule has 0 aromatic heterocycles. The molecule has 0 heterocycles. The number of rotatable bonds is 4. The van der Waals surface area contributed by atoms with E-state index < -0.39 is 11.8 Å². The summed E-state index contributed by atoms with van der Waals surface area (Å²) in [7, 11) is 0. The van der Waals surface area contributed by atoms with E-state index in [0.29, 0.717) is 0 Å². The molecule has 0 bridgehead atoms. The van der Waals surface area contributed by atoms with Gasteiger partial charge in [0.25, 0.3) is 0 Å². The molecule has 6 heteroatoms. The van der Waals surface area contributed by atoms with E-state index in [1.165, 1.54) is 12.4 Å². The van der Waals surface area contributed by atoms with E-state index in [0.717, 1.165) is 11.1 Å². The summed E-state index contributed by atoms with van der Waals surface area (Å²) < 4.78 is 0. The third kappa shape index (κ3) is 7.10. The minimum absolute atomic E-state index is 0.870. The summed E-state index contributed by atoms with van der Waals surface area (Å²) in [5, 5.41) is 7.21. The zero-order valence-electron chi connectivity index (χ0n) is 11.0. The number of hydrogen-bond acceptors (Lipinski definition) is 4. The lowest BCUT2D eigenvalue weighted by Gasteiger charge is -1.97. The van der Waals surface area contributed by atoms with Crippen molar-refractivity contribution in [3.63, 3.8) is 0 Å². The molecule has 18 heavy (non-hydrogen) atoms. The Labute approximate surface area is 107 Å². The van der Waals surface area contributed by atoms with Crippen LogP contribution in [-0.4, -0.2) is 24.2 Å². The summed E-state index contributed by atoms with van der Waals surface area (Å²) in [6.45, 7) is 7.32. The largest absolute Gasteiger partial charge is 0.331 e. The molecule has 0 unspecified atom stereocenters. The van der Waals surface area contributed by atoms with Gasteiger partial charge in [0.1, 0.15) is 0 Å². The smallest absolute Gasteiger partial charge is 0.262 e. The molecule has 0 aromatic rings. The van der Waals surface area contributed by atoms with Crippen molar-refractivity contribution >= 4 is 24.2 Å². The Morgan fingerprint density at radius 1 is 0.833 bits per heavy atom. The van der Waals surface area contributed by atoms with E-state index in [4.69, 9.17) is 0 Å². The molecule has 0 aliphatic carbocycles. The highest BCUT2D eigenvalue weighted by atomic mass is 16.2. The highest BCUT2D eigenvalue weighted by Crippen LogP contribution is 1.85. The minimum atomic E-state index is -0.870. The number of carbonyl (C=O) groups is 2. The lowest BCUT2D eigenvalue weighted by atomic mass is 10.3. The Morgan fingerprint density at radius 3 is 1.44 bits per heavy atom. The number of nitrogens with one attached hydrogen (secondary N) is 2. The molecule has 0 rings (SSSR count). The maximum atomic E-state index is 11.2. The van der Waals surface area contributed by atoms with E-state index >= 15 is 0 Å². The van der Waals surface area contributed by atoms with Crippen molar-refractivity contribution < 1.29 is 9.59 Å². The van der Waals surface area contributed by atoms with Crippen LogP contribution in [0.15, 0.2) is 33.5 Å². The van der Waals surface area contributed by atoms with Crippen LogP contribution in [0.25, 0.3) is 0 Å². The Morgan fingerprint density at radius 2 is 1.17 bits per heavy atom. The molecule has 0 saturated carbocycles. The van der Waals surface area contributed by atoms with Crippen LogP contribution in [0.2, 0.25) is 0 Å². The van der Waals surface area contributed by atoms with Crippen molar-refractivity contribution in [2.24, 2.45) is 10.2 Å². The summed E-state index contributed by atoms with van der Waals surface area (Å²) in [5.74, 6) is -1.74. The number of allylic oxidation sites excluding steroid dienone is 4. The van der Waals surface area contributed by atoms with Gasteiger partial charge in [-0.3, -0.25) is 9.59 Å². The maximum Gasteiger partial charge on any atom is 0.331 e. The van der Waals surface area contributed by atoms with Gasteiger partial charge in [0.05, 0.1) is 0 Å². The van der Waals surface area contributed by atoms with Gasteiger partial charge in [-0.15, -0.1) is 0 Å². The molecule has 0 radical (unpaired) electrons. The molecular formula is C12H18N4O2. The summed E-state index contributed by atoms with van der Waals surface area (Å²) in [5.41, 5.74) is 5.92. The van der Waals surface area contributed by atoms with E-state index in [1.54, 1.807) is 0 Å². The average molecular weight is 250 g/mol. The van der Waals surface area contributed by atoms with Gasteiger partial charge in [0.15, 0.2) is 0 Å². The molecule has 0 fully saturated rings. The molecule has 0 aliphatic heterocycles. The van der Waals surface area contributed by atoms with Gasteiger partial charge in [-0.05, 0) is 38.8 Å².